The molecule has 6 aromatic rings. The summed E-state index contributed by atoms with van der Waals surface area (Å²) < 4.78 is 0. The number of halogens is 2. The van der Waals surface area contributed by atoms with Crippen LogP contribution in [0.5, 0.6) is 0 Å². The van der Waals surface area contributed by atoms with E-state index in [-0.39, 0.29) is 11.8 Å². The molecule has 240 valence electrons. The Hall–Kier alpha value is -4.69. The van der Waals surface area contributed by atoms with Gasteiger partial charge in [0.25, 0.3) is 0 Å². The molecule has 47 heavy (non-hydrogen) atoms. The van der Waals surface area contributed by atoms with Crippen LogP contribution in [0.2, 0.25) is 10.0 Å². The van der Waals surface area contributed by atoms with Crippen LogP contribution in [0.25, 0.3) is 22.3 Å². The second kappa shape index (κ2) is 15.7. The Morgan fingerprint density at radius 2 is 1.02 bits per heavy atom. The van der Waals surface area contributed by atoms with Crippen LogP contribution in [-0.2, 0) is 4.79 Å². The lowest BCUT2D eigenvalue weighted by Crippen LogP contribution is -2.26. The maximum absolute atomic E-state index is 12.4. The highest BCUT2D eigenvalue weighted by molar-refractivity contribution is 6.30. The maximum atomic E-state index is 12.4. The number of benzene rings is 4. The third-order valence-electron chi connectivity index (χ3n) is 8.23. The van der Waals surface area contributed by atoms with Crippen molar-refractivity contribution in [3.63, 3.8) is 0 Å². The number of carbonyl (C=O) groups is 1. The van der Waals surface area contributed by atoms with E-state index in [1.807, 2.05) is 75.6 Å². The zero-order valence-electron chi connectivity index (χ0n) is 26.8. The molecule has 2 atom stereocenters. The zero-order chi connectivity index (χ0) is 33.3. The van der Waals surface area contributed by atoms with Gasteiger partial charge in [-0.15, -0.1) is 0 Å². The Bertz CT molecular complexity index is 1880. The quantitative estimate of drug-likeness (QED) is 0.125. The standard InChI is InChI=1S/C19H18ClN3O.C19H20ClN3/c1-12-17(11-22-23-12)13-3-5-14(6-4-13)18(19(24)21-2)15-7-9-16(20)10-8-15;1-13-18(12-22-23-13)14-3-5-15(6-4-14)19(11-21-2)16-7-9-17(20)10-8-16/h3-11,18H,1-2H3,(H,21,24)(H,22,23);3-10,12,19,21H,11H2,1-2H3,(H,22,23). The van der Waals surface area contributed by atoms with Crippen LogP contribution < -0.4 is 10.6 Å². The molecule has 0 bridgehead atoms. The number of H-pyrrole nitrogens is 2. The number of nitrogens with zero attached hydrogens (tertiary/aromatic N) is 2. The minimum atomic E-state index is -0.369. The van der Waals surface area contributed by atoms with Crippen LogP contribution in [0, 0.1) is 13.8 Å². The largest absolute Gasteiger partial charge is 0.358 e. The van der Waals surface area contributed by atoms with Gasteiger partial charge in [0.2, 0.25) is 5.91 Å². The Kier molecular flexibility index (Phi) is 11.3. The van der Waals surface area contributed by atoms with Gasteiger partial charge < -0.3 is 10.6 Å². The minimum absolute atomic E-state index is 0.0513. The first-order chi connectivity index (χ1) is 22.8. The summed E-state index contributed by atoms with van der Waals surface area (Å²) in [6.45, 7) is 4.90. The lowest BCUT2D eigenvalue weighted by atomic mass is 9.89. The lowest BCUT2D eigenvalue weighted by Gasteiger charge is -2.18. The Labute approximate surface area is 285 Å². The molecule has 0 aliphatic heterocycles. The van der Waals surface area contributed by atoms with Gasteiger partial charge in [-0.3, -0.25) is 15.0 Å². The summed E-state index contributed by atoms with van der Waals surface area (Å²) >= 11 is 12.0. The molecule has 9 heteroatoms. The number of rotatable bonds is 9. The minimum Gasteiger partial charge on any atom is -0.358 e. The Balaban J connectivity index is 0.000000185. The van der Waals surface area contributed by atoms with E-state index >= 15 is 0 Å². The van der Waals surface area contributed by atoms with Gasteiger partial charge in [0.15, 0.2) is 0 Å². The van der Waals surface area contributed by atoms with E-state index < -0.39 is 0 Å². The van der Waals surface area contributed by atoms with Crippen molar-refractivity contribution in [3.05, 3.63) is 153 Å². The van der Waals surface area contributed by atoms with Crippen molar-refractivity contribution in [2.24, 2.45) is 0 Å². The first-order valence-corrected chi connectivity index (χ1v) is 16.1. The van der Waals surface area contributed by atoms with Gasteiger partial charge in [-0.25, -0.2) is 0 Å². The van der Waals surface area contributed by atoms with Crippen molar-refractivity contribution >= 4 is 29.1 Å². The van der Waals surface area contributed by atoms with Gasteiger partial charge in [0, 0.05) is 52.1 Å². The molecule has 2 aromatic heterocycles. The van der Waals surface area contributed by atoms with E-state index in [2.05, 4.69) is 67.4 Å². The second-order valence-electron chi connectivity index (χ2n) is 11.3. The summed E-state index contributed by atoms with van der Waals surface area (Å²) in [6, 6.07) is 32.2. The van der Waals surface area contributed by atoms with Gasteiger partial charge in [0.1, 0.15) is 0 Å². The highest BCUT2D eigenvalue weighted by atomic mass is 35.5. The van der Waals surface area contributed by atoms with E-state index in [0.29, 0.717) is 10.9 Å². The van der Waals surface area contributed by atoms with E-state index in [4.69, 9.17) is 23.2 Å². The van der Waals surface area contributed by atoms with Crippen molar-refractivity contribution in [3.8, 4) is 22.3 Å². The van der Waals surface area contributed by atoms with Crippen LogP contribution in [0.1, 0.15) is 45.5 Å². The van der Waals surface area contributed by atoms with Crippen molar-refractivity contribution in [2.75, 3.05) is 20.6 Å². The van der Waals surface area contributed by atoms with E-state index in [0.717, 1.165) is 50.8 Å². The average Bonchev–Trinajstić information content (AvgIpc) is 3.73. The number of likely N-dealkylation sites (N-methyl/N-ethyl adjacent to an activating group) is 2. The number of hydrogen-bond acceptors (Lipinski definition) is 4. The van der Waals surface area contributed by atoms with Gasteiger partial charge >= 0.3 is 0 Å². The predicted molar refractivity (Wildman–Crippen MR) is 192 cm³/mol. The second-order valence-corrected chi connectivity index (χ2v) is 12.2. The fraction of sp³-hybridized carbons (Fsp3) is 0.184. The number of nitrogens with one attached hydrogen (secondary N) is 4. The van der Waals surface area contributed by atoms with E-state index in [1.165, 1.54) is 16.7 Å². The SMILES string of the molecule is CNC(=O)C(c1ccc(Cl)cc1)c1ccc(-c2cn[nH]c2C)cc1.CNCC(c1ccc(Cl)cc1)c1ccc(-c2cn[nH]c2C)cc1. The number of hydrogen-bond donors (Lipinski definition) is 4. The first-order valence-electron chi connectivity index (χ1n) is 15.4. The lowest BCUT2D eigenvalue weighted by molar-refractivity contribution is -0.121. The van der Waals surface area contributed by atoms with Crippen molar-refractivity contribution in [2.45, 2.75) is 25.7 Å². The summed E-state index contributed by atoms with van der Waals surface area (Å²) in [6.07, 6.45) is 3.67. The molecule has 4 aromatic carbocycles. The Morgan fingerprint density at radius 1 is 0.638 bits per heavy atom. The van der Waals surface area contributed by atoms with E-state index in [9.17, 15) is 4.79 Å². The molecule has 7 nitrogen and oxygen atoms in total. The number of amides is 1. The summed E-state index contributed by atoms with van der Waals surface area (Å²) in [5.41, 5.74) is 10.9. The summed E-state index contributed by atoms with van der Waals surface area (Å²) in [7, 11) is 3.63. The smallest absolute Gasteiger partial charge is 0.231 e. The van der Waals surface area contributed by atoms with Crippen LogP contribution in [-0.4, -0.2) is 46.9 Å². The van der Waals surface area contributed by atoms with Gasteiger partial charge in [-0.1, -0.05) is 96.0 Å². The summed E-state index contributed by atoms with van der Waals surface area (Å²) in [5, 5.41) is 21.5. The predicted octanol–water partition coefficient (Wildman–Crippen LogP) is 8.31. The molecule has 2 heterocycles. The fourth-order valence-corrected chi connectivity index (χ4v) is 5.91. The molecule has 0 radical (unpaired) electrons. The van der Waals surface area contributed by atoms with Gasteiger partial charge in [0.05, 0.1) is 18.3 Å². The van der Waals surface area contributed by atoms with Gasteiger partial charge in [-0.2, -0.15) is 10.2 Å². The molecule has 6 rings (SSSR count). The van der Waals surface area contributed by atoms with Crippen molar-refractivity contribution < 1.29 is 4.79 Å². The first kappa shape index (κ1) is 33.7. The van der Waals surface area contributed by atoms with Crippen molar-refractivity contribution in [1.82, 2.24) is 31.0 Å². The van der Waals surface area contributed by atoms with Crippen LogP contribution >= 0.6 is 23.2 Å². The highest BCUT2D eigenvalue weighted by Gasteiger charge is 2.22. The monoisotopic (exact) mass is 664 g/mol. The van der Waals surface area contributed by atoms with E-state index in [1.54, 1.807) is 25.4 Å². The van der Waals surface area contributed by atoms with Crippen LogP contribution in [0.15, 0.2) is 109 Å². The van der Waals surface area contributed by atoms with Gasteiger partial charge in [-0.05, 0) is 78.5 Å². The van der Waals surface area contributed by atoms with Crippen molar-refractivity contribution in [1.29, 1.82) is 0 Å². The summed E-state index contributed by atoms with van der Waals surface area (Å²) in [4.78, 5) is 12.4. The molecule has 0 saturated carbocycles. The molecule has 0 spiro atoms. The summed E-state index contributed by atoms with van der Waals surface area (Å²) in [5.74, 6) is -0.118. The zero-order valence-corrected chi connectivity index (χ0v) is 28.3. The molecule has 0 aliphatic carbocycles. The molecule has 1 amide bonds. The molecule has 0 aliphatic rings. The van der Waals surface area contributed by atoms with Crippen LogP contribution in [0.4, 0.5) is 0 Å². The molecule has 4 N–H and O–H groups in total. The molecular weight excluding hydrogens is 627 g/mol. The van der Waals surface area contributed by atoms with Crippen LogP contribution in [0.3, 0.4) is 0 Å². The highest BCUT2D eigenvalue weighted by Crippen LogP contribution is 2.30. The Morgan fingerprint density at radius 3 is 1.38 bits per heavy atom. The average molecular weight is 666 g/mol. The maximum Gasteiger partial charge on any atom is 0.231 e. The topological polar surface area (TPSA) is 98.5 Å². The molecule has 0 fully saturated rings. The molecule has 0 saturated heterocycles. The third kappa shape index (κ3) is 8.19. The fourth-order valence-electron chi connectivity index (χ4n) is 5.66. The number of aromatic nitrogens is 4. The normalized spacial score (nSPS) is 12.1. The number of aryl methyl sites for hydroxylation is 2. The number of aromatic amines is 2. The number of carbonyl (C=O) groups excluding carboxylic acids is 1. The molecule has 2 unspecified atom stereocenters. The third-order valence-corrected chi connectivity index (χ3v) is 8.74. The molecular formula is C38H38Cl2N6O.